The second kappa shape index (κ2) is 13.7. The lowest BCUT2D eigenvalue weighted by Gasteiger charge is -2.61. The zero-order valence-corrected chi connectivity index (χ0v) is 30.6. The number of nitrogens with zero attached hydrogens (tertiary/aromatic N) is 3. The van der Waals surface area contributed by atoms with Gasteiger partial charge in [-0.05, 0) is 171 Å². The molecule has 3 aliphatic carbocycles. The summed E-state index contributed by atoms with van der Waals surface area (Å²) in [6.07, 6.45) is 13.5. The largest absolute Gasteiger partial charge is 0.301 e. The van der Waals surface area contributed by atoms with Crippen LogP contribution in [0.2, 0.25) is 0 Å². The average Bonchev–Trinajstić information content (AvgIpc) is 3.27. The molecule has 3 heteroatoms. The van der Waals surface area contributed by atoms with E-state index in [1.54, 1.807) is 0 Å². The molecule has 0 bridgehead atoms. The molecule has 246 valence electrons. The Morgan fingerprint density at radius 3 is 1.05 bits per heavy atom. The van der Waals surface area contributed by atoms with E-state index in [0.29, 0.717) is 0 Å². The highest BCUT2D eigenvalue weighted by atomic mass is 15.2. The first-order valence-corrected chi connectivity index (χ1v) is 18.8. The molecule has 42 heavy (non-hydrogen) atoms. The van der Waals surface area contributed by atoms with Crippen molar-refractivity contribution < 1.29 is 0 Å². The molecular formula is C39H75N3. The Morgan fingerprint density at radius 2 is 0.690 bits per heavy atom. The summed E-state index contributed by atoms with van der Waals surface area (Å²) in [4.78, 5) is 7.92. The Bertz CT molecular complexity index is 781. The van der Waals surface area contributed by atoms with Gasteiger partial charge in [-0.3, -0.25) is 4.90 Å². The minimum Gasteiger partial charge on any atom is -0.301 e. The Morgan fingerprint density at radius 1 is 0.381 bits per heavy atom. The van der Waals surface area contributed by atoms with Gasteiger partial charge in [-0.25, -0.2) is 0 Å². The van der Waals surface area contributed by atoms with Gasteiger partial charge in [0.2, 0.25) is 0 Å². The number of hydrogen-bond acceptors (Lipinski definition) is 3. The van der Waals surface area contributed by atoms with E-state index < -0.39 is 0 Å². The van der Waals surface area contributed by atoms with Crippen molar-refractivity contribution in [1.29, 1.82) is 0 Å². The summed E-state index contributed by atoms with van der Waals surface area (Å²) in [5, 5.41) is 0. The Kier molecular flexibility index (Phi) is 11.3. The van der Waals surface area contributed by atoms with E-state index in [1.807, 2.05) is 0 Å². The van der Waals surface area contributed by atoms with Gasteiger partial charge in [-0.2, -0.15) is 0 Å². The van der Waals surface area contributed by atoms with Gasteiger partial charge in [0.1, 0.15) is 0 Å². The molecule has 6 rings (SSSR count). The van der Waals surface area contributed by atoms with Crippen molar-refractivity contribution in [3.8, 4) is 0 Å². The molecule has 0 N–H and O–H groups in total. The van der Waals surface area contributed by atoms with E-state index >= 15 is 0 Å². The van der Waals surface area contributed by atoms with Gasteiger partial charge < -0.3 is 9.80 Å². The van der Waals surface area contributed by atoms with Crippen molar-refractivity contribution in [2.75, 3.05) is 39.3 Å². The molecule has 0 aromatic rings. The minimum absolute atomic E-state index is 0.749. The lowest BCUT2D eigenvalue weighted by atomic mass is 9.55. The summed E-state index contributed by atoms with van der Waals surface area (Å²) < 4.78 is 0. The Hall–Kier alpha value is -0.120. The molecule has 6 aliphatic rings. The lowest BCUT2D eigenvalue weighted by molar-refractivity contribution is -0.117. The van der Waals surface area contributed by atoms with Crippen molar-refractivity contribution in [2.24, 2.45) is 51.8 Å². The van der Waals surface area contributed by atoms with Gasteiger partial charge in [-0.1, -0.05) is 41.5 Å². The van der Waals surface area contributed by atoms with Gasteiger partial charge in [0, 0.05) is 37.8 Å². The fourth-order valence-corrected chi connectivity index (χ4v) is 9.68. The van der Waals surface area contributed by atoms with Crippen LogP contribution in [0.4, 0.5) is 0 Å². The highest BCUT2D eigenvalue weighted by molar-refractivity contribution is 5.05. The van der Waals surface area contributed by atoms with Crippen molar-refractivity contribution in [3.05, 3.63) is 0 Å². The van der Waals surface area contributed by atoms with Crippen LogP contribution < -0.4 is 0 Å². The third-order valence-corrected chi connectivity index (χ3v) is 13.6. The first-order chi connectivity index (χ1) is 19.6. The Balaban J connectivity index is 0.000000145. The monoisotopic (exact) mass is 586 g/mol. The van der Waals surface area contributed by atoms with Crippen molar-refractivity contribution >= 4 is 0 Å². The van der Waals surface area contributed by atoms with Gasteiger partial charge in [0.05, 0.1) is 0 Å². The molecule has 6 fully saturated rings. The fraction of sp³-hybridized carbons (Fsp3) is 1.00. The molecule has 3 saturated carbocycles. The standard InChI is InChI=1S/C14H27N.C13H25N.C12H23N/c1-11(2)13-9-14(10-13)5-7-15(8-6-14)12(3)4;1-10(2)12-7-13(8-12)5-6-14(9-13)11(3)4;1-9(2)11-5-12(6-11)7-13(8-12)10(3)4/h11-13H,5-10H2,1-4H3;10-12H,5-9H2,1-4H3;9-11H,5-8H2,1-4H3. The predicted molar refractivity (Wildman–Crippen MR) is 184 cm³/mol. The maximum atomic E-state index is 2.66. The topological polar surface area (TPSA) is 9.72 Å². The van der Waals surface area contributed by atoms with Crippen LogP contribution in [-0.2, 0) is 0 Å². The molecule has 0 radical (unpaired) electrons. The smallest absolute Gasteiger partial charge is 0.00534 e. The SMILES string of the molecule is CC(C)C1CC2(C1)CN(C(C)C)C2.CC(C)C1CC2(CCN(C(C)C)C2)C1.CC(C)C1CC2(CCN(C(C)C)CC2)C1. The molecular weight excluding hydrogens is 510 g/mol. The summed E-state index contributed by atoms with van der Waals surface area (Å²) in [6.45, 7) is 36.4. The summed E-state index contributed by atoms with van der Waals surface area (Å²) in [5.74, 6) is 5.85. The van der Waals surface area contributed by atoms with Gasteiger partial charge in [0.25, 0.3) is 0 Å². The van der Waals surface area contributed by atoms with E-state index in [-0.39, 0.29) is 0 Å². The molecule has 3 nitrogen and oxygen atoms in total. The molecule has 0 unspecified atom stereocenters. The molecule has 0 aromatic heterocycles. The maximum Gasteiger partial charge on any atom is 0.00534 e. The zero-order valence-electron chi connectivity index (χ0n) is 30.6. The van der Waals surface area contributed by atoms with Crippen LogP contribution in [0, 0.1) is 51.8 Å². The van der Waals surface area contributed by atoms with Crippen LogP contribution in [0.5, 0.6) is 0 Å². The Labute approximate surface area is 264 Å². The molecule has 3 heterocycles. The quantitative estimate of drug-likeness (QED) is 0.307. The first-order valence-electron chi connectivity index (χ1n) is 18.8. The average molecular weight is 586 g/mol. The molecule has 0 atom stereocenters. The second-order valence-corrected chi connectivity index (χ2v) is 18.7. The van der Waals surface area contributed by atoms with Crippen molar-refractivity contribution in [3.63, 3.8) is 0 Å². The zero-order chi connectivity index (χ0) is 31.0. The molecule has 3 aliphatic heterocycles. The molecule has 3 spiro atoms. The molecule has 3 saturated heterocycles. The van der Waals surface area contributed by atoms with Gasteiger partial charge in [0.15, 0.2) is 0 Å². The van der Waals surface area contributed by atoms with E-state index in [4.69, 9.17) is 0 Å². The summed E-state index contributed by atoms with van der Waals surface area (Å²) in [5.41, 5.74) is 2.30. The van der Waals surface area contributed by atoms with Crippen LogP contribution in [0.3, 0.4) is 0 Å². The summed E-state index contributed by atoms with van der Waals surface area (Å²) in [7, 11) is 0. The second-order valence-electron chi connectivity index (χ2n) is 18.7. The molecule has 0 aromatic carbocycles. The fourth-order valence-electron chi connectivity index (χ4n) is 9.68. The van der Waals surface area contributed by atoms with Crippen LogP contribution in [0.15, 0.2) is 0 Å². The van der Waals surface area contributed by atoms with Crippen LogP contribution in [0.25, 0.3) is 0 Å². The predicted octanol–water partition coefficient (Wildman–Crippen LogP) is 9.46. The van der Waals surface area contributed by atoms with E-state index in [9.17, 15) is 0 Å². The van der Waals surface area contributed by atoms with E-state index in [1.165, 1.54) is 97.1 Å². The highest BCUT2D eigenvalue weighted by Crippen LogP contribution is 2.56. The van der Waals surface area contributed by atoms with Crippen LogP contribution in [-0.4, -0.2) is 72.1 Å². The minimum atomic E-state index is 0.749. The van der Waals surface area contributed by atoms with E-state index in [2.05, 4.69) is 97.8 Å². The lowest BCUT2D eigenvalue weighted by Crippen LogP contribution is -2.64. The third-order valence-electron chi connectivity index (χ3n) is 13.6. The number of piperidine rings is 1. The van der Waals surface area contributed by atoms with Gasteiger partial charge >= 0.3 is 0 Å². The summed E-state index contributed by atoms with van der Waals surface area (Å²) in [6, 6.07) is 2.28. The van der Waals surface area contributed by atoms with Crippen LogP contribution >= 0.6 is 0 Å². The number of likely N-dealkylation sites (tertiary alicyclic amines) is 3. The third kappa shape index (κ3) is 7.99. The van der Waals surface area contributed by atoms with Crippen molar-refractivity contribution in [1.82, 2.24) is 14.7 Å². The van der Waals surface area contributed by atoms with Crippen molar-refractivity contribution in [2.45, 2.75) is 159 Å². The van der Waals surface area contributed by atoms with Crippen LogP contribution in [0.1, 0.15) is 141 Å². The summed E-state index contributed by atoms with van der Waals surface area (Å²) >= 11 is 0. The van der Waals surface area contributed by atoms with E-state index in [0.717, 1.165) is 69.9 Å². The maximum absolute atomic E-state index is 2.66. The van der Waals surface area contributed by atoms with Gasteiger partial charge in [-0.15, -0.1) is 0 Å². The number of rotatable bonds is 6. The molecule has 0 amide bonds. The highest BCUT2D eigenvalue weighted by Gasteiger charge is 2.53. The number of hydrogen-bond donors (Lipinski definition) is 0. The normalized spacial score (nSPS) is 30.4. The first kappa shape index (κ1) is 34.7.